The van der Waals surface area contributed by atoms with Crippen molar-refractivity contribution in [2.75, 3.05) is 0 Å². The van der Waals surface area contributed by atoms with E-state index in [1.165, 1.54) is 10.6 Å². The number of amides is 1. The molecule has 0 radical (unpaired) electrons. The van der Waals surface area contributed by atoms with Crippen LogP contribution in [0.3, 0.4) is 0 Å². The third-order valence-electron chi connectivity index (χ3n) is 5.06. The molecule has 8 heteroatoms. The van der Waals surface area contributed by atoms with Gasteiger partial charge < -0.3 is 5.73 Å². The summed E-state index contributed by atoms with van der Waals surface area (Å²) in [5.41, 5.74) is 7.22. The lowest BCUT2D eigenvalue weighted by atomic mass is 10.1. The molecule has 0 saturated heterocycles. The van der Waals surface area contributed by atoms with E-state index in [4.69, 9.17) is 5.73 Å². The fraction of sp³-hybridized carbons (Fsp3) is 0.130. The van der Waals surface area contributed by atoms with Crippen LogP contribution in [0.5, 0.6) is 0 Å². The lowest BCUT2D eigenvalue weighted by molar-refractivity contribution is 0.100. The number of benzene rings is 2. The average molecular weight is 432 g/mol. The van der Waals surface area contributed by atoms with Crippen molar-refractivity contribution in [2.24, 2.45) is 5.73 Å². The summed E-state index contributed by atoms with van der Waals surface area (Å²) in [5, 5.41) is 9.51. The lowest BCUT2D eigenvalue weighted by Crippen LogP contribution is -2.26. The maximum Gasteiger partial charge on any atom is 0.262 e. The Bertz CT molecular complexity index is 1430. The first-order valence-electron chi connectivity index (χ1n) is 9.44. The maximum absolute atomic E-state index is 14.3. The molecule has 0 bridgehead atoms. The minimum absolute atomic E-state index is 0.0959. The molecule has 0 aliphatic carbocycles. The van der Waals surface area contributed by atoms with Crippen LogP contribution in [0.4, 0.5) is 4.39 Å². The number of hydrogen-bond donors (Lipinski definition) is 1. The first kappa shape index (κ1) is 20.4. The van der Waals surface area contributed by atoms with E-state index in [9.17, 15) is 19.2 Å². The Morgan fingerprint density at radius 1 is 1.26 bits per heavy atom. The van der Waals surface area contributed by atoms with Crippen LogP contribution in [0.1, 0.15) is 37.7 Å². The van der Waals surface area contributed by atoms with Gasteiger partial charge in [0.2, 0.25) is 0 Å². The molecule has 1 amide bonds. The normalized spacial score (nSPS) is 10.9. The van der Waals surface area contributed by atoms with Crippen LogP contribution in [0.15, 0.2) is 53.3 Å². The second kappa shape index (κ2) is 8.13. The van der Waals surface area contributed by atoms with Crippen LogP contribution in [0.25, 0.3) is 10.2 Å². The van der Waals surface area contributed by atoms with Crippen molar-refractivity contribution < 1.29 is 9.18 Å². The minimum atomic E-state index is -0.621. The summed E-state index contributed by atoms with van der Waals surface area (Å²) in [7, 11) is 0. The van der Waals surface area contributed by atoms with E-state index >= 15 is 0 Å². The Labute approximate surface area is 181 Å². The molecule has 154 valence electrons. The quantitative estimate of drug-likeness (QED) is 0.521. The van der Waals surface area contributed by atoms with Crippen LogP contribution in [-0.2, 0) is 13.0 Å². The molecule has 0 fully saturated rings. The SMILES string of the molecule is Cc1c(C(N)=O)sc2nc(Cc3ccccc3F)n(Cc3cccc(C#N)c3)c(=O)c12. The zero-order valence-corrected chi connectivity index (χ0v) is 17.4. The highest BCUT2D eigenvalue weighted by atomic mass is 32.1. The number of nitrogens with zero attached hydrogens (tertiary/aromatic N) is 3. The Kier molecular flexibility index (Phi) is 5.36. The van der Waals surface area contributed by atoms with Crippen molar-refractivity contribution in [3.8, 4) is 6.07 Å². The Hall–Kier alpha value is -3.83. The molecule has 2 aromatic carbocycles. The molecule has 0 aliphatic heterocycles. The number of aromatic nitrogens is 2. The molecule has 0 spiro atoms. The monoisotopic (exact) mass is 432 g/mol. The van der Waals surface area contributed by atoms with E-state index < -0.39 is 11.7 Å². The third-order valence-corrected chi connectivity index (χ3v) is 6.26. The Morgan fingerprint density at radius 3 is 2.74 bits per heavy atom. The van der Waals surface area contributed by atoms with Gasteiger partial charge in [0.25, 0.3) is 11.5 Å². The van der Waals surface area contributed by atoms with Crippen molar-refractivity contribution in [2.45, 2.75) is 19.9 Å². The van der Waals surface area contributed by atoms with E-state index in [-0.39, 0.29) is 23.4 Å². The van der Waals surface area contributed by atoms with Crippen LogP contribution in [-0.4, -0.2) is 15.5 Å². The number of aryl methyl sites for hydroxylation is 1. The summed E-state index contributed by atoms with van der Waals surface area (Å²) >= 11 is 1.06. The van der Waals surface area contributed by atoms with E-state index in [0.717, 1.165) is 16.9 Å². The lowest BCUT2D eigenvalue weighted by Gasteiger charge is -2.13. The largest absolute Gasteiger partial charge is 0.365 e. The zero-order chi connectivity index (χ0) is 22.1. The number of primary amides is 1. The predicted molar refractivity (Wildman–Crippen MR) is 117 cm³/mol. The zero-order valence-electron chi connectivity index (χ0n) is 16.6. The second-order valence-corrected chi connectivity index (χ2v) is 8.10. The number of thiophene rings is 1. The van der Waals surface area contributed by atoms with Gasteiger partial charge in [-0.1, -0.05) is 30.3 Å². The van der Waals surface area contributed by atoms with Crippen molar-refractivity contribution >= 4 is 27.5 Å². The first-order chi connectivity index (χ1) is 14.9. The molecule has 2 heterocycles. The van der Waals surface area contributed by atoms with Crippen LogP contribution < -0.4 is 11.3 Å². The van der Waals surface area contributed by atoms with Crippen LogP contribution in [0, 0.1) is 24.1 Å². The second-order valence-electron chi connectivity index (χ2n) is 7.10. The third kappa shape index (κ3) is 3.83. The molecular weight excluding hydrogens is 415 g/mol. The smallest absolute Gasteiger partial charge is 0.262 e. The summed E-state index contributed by atoms with van der Waals surface area (Å²) < 4.78 is 15.8. The number of rotatable bonds is 5. The van der Waals surface area contributed by atoms with Crippen LogP contribution in [0.2, 0.25) is 0 Å². The number of halogens is 1. The summed E-state index contributed by atoms with van der Waals surface area (Å²) in [6, 6.07) is 15.3. The van der Waals surface area contributed by atoms with Gasteiger partial charge in [0.1, 0.15) is 16.5 Å². The van der Waals surface area contributed by atoms with E-state index in [2.05, 4.69) is 11.1 Å². The maximum atomic E-state index is 14.3. The van der Waals surface area contributed by atoms with Crippen molar-refractivity contribution in [1.82, 2.24) is 9.55 Å². The van der Waals surface area contributed by atoms with Gasteiger partial charge in [0.05, 0.1) is 28.4 Å². The summed E-state index contributed by atoms with van der Waals surface area (Å²) in [6.45, 7) is 1.82. The number of nitriles is 1. The van der Waals surface area contributed by atoms with Gasteiger partial charge in [-0.05, 0) is 41.8 Å². The fourth-order valence-corrected chi connectivity index (χ4v) is 4.57. The van der Waals surface area contributed by atoms with E-state index in [1.54, 1.807) is 49.4 Å². The summed E-state index contributed by atoms with van der Waals surface area (Å²) in [5.74, 6) is -0.652. The van der Waals surface area contributed by atoms with Gasteiger partial charge in [-0.2, -0.15) is 5.26 Å². The topological polar surface area (TPSA) is 102 Å². The highest BCUT2D eigenvalue weighted by Gasteiger charge is 2.21. The molecule has 0 saturated carbocycles. The number of hydrogen-bond acceptors (Lipinski definition) is 5. The van der Waals surface area contributed by atoms with Crippen molar-refractivity contribution in [3.05, 3.63) is 97.7 Å². The first-order valence-corrected chi connectivity index (χ1v) is 10.3. The van der Waals surface area contributed by atoms with Gasteiger partial charge in [0, 0.05) is 6.42 Å². The van der Waals surface area contributed by atoms with Gasteiger partial charge in [0.15, 0.2) is 0 Å². The molecule has 0 aliphatic rings. The molecule has 2 aromatic heterocycles. The summed E-state index contributed by atoms with van der Waals surface area (Å²) in [4.78, 5) is 30.5. The molecule has 31 heavy (non-hydrogen) atoms. The predicted octanol–water partition coefficient (Wildman–Crippen LogP) is 3.52. The molecule has 0 atom stereocenters. The number of fused-ring (bicyclic) bond motifs is 1. The van der Waals surface area contributed by atoms with Crippen LogP contribution >= 0.6 is 11.3 Å². The Morgan fingerprint density at radius 2 is 2.03 bits per heavy atom. The van der Waals surface area contributed by atoms with E-state index in [0.29, 0.717) is 32.7 Å². The van der Waals surface area contributed by atoms with Crippen molar-refractivity contribution in [3.63, 3.8) is 0 Å². The van der Waals surface area contributed by atoms with Crippen molar-refractivity contribution in [1.29, 1.82) is 5.26 Å². The fourth-order valence-electron chi connectivity index (χ4n) is 3.53. The van der Waals surface area contributed by atoms with E-state index in [1.807, 2.05) is 0 Å². The summed E-state index contributed by atoms with van der Waals surface area (Å²) in [6.07, 6.45) is 0.0959. The van der Waals surface area contributed by atoms with Gasteiger partial charge in [-0.3, -0.25) is 14.2 Å². The molecule has 4 aromatic rings. The molecule has 4 rings (SSSR count). The number of nitrogens with two attached hydrogens (primary N) is 1. The molecule has 0 unspecified atom stereocenters. The minimum Gasteiger partial charge on any atom is -0.365 e. The van der Waals surface area contributed by atoms with Gasteiger partial charge in [-0.15, -0.1) is 11.3 Å². The van der Waals surface area contributed by atoms with Gasteiger partial charge in [-0.25, -0.2) is 9.37 Å². The average Bonchev–Trinajstić information content (AvgIpc) is 3.09. The number of carbonyl (C=O) groups excluding carboxylic acids is 1. The Balaban J connectivity index is 1.93. The number of carbonyl (C=O) groups is 1. The highest BCUT2D eigenvalue weighted by Crippen LogP contribution is 2.27. The molecule has 2 N–H and O–H groups in total. The standard InChI is InChI=1S/C23H17FN4O2S/c1-13-19-22(31-20(13)21(26)29)27-18(10-16-7-2-3-8-17(16)24)28(23(19)30)12-15-6-4-5-14(9-15)11-25/h2-9H,10,12H2,1H3,(H2,26,29). The molecular formula is C23H17FN4O2S. The highest BCUT2D eigenvalue weighted by molar-refractivity contribution is 7.20. The molecule has 6 nitrogen and oxygen atoms in total. The van der Waals surface area contributed by atoms with Gasteiger partial charge >= 0.3 is 0 Å².